The van der Waals surface area contributed by atoms with Gasteiger partial charge in [0.05, 0.1) is 23.3 Å². The van der Waals surface area contributed by atoms with Crippen molar-refractivity contribution in [3.63, 3.8) is 0 Å². The van der Waals surface area contributed by atoms with Crippen LogP contribution in [0.25, 0.3) is 0 Å². The number of amides is 2. The molecule has 0 saturated carbocycles. The number of carbonyl (C=O) groups excluding carboxylic acids is 2. The quantitative estimate of drug-likeness (QED) is 0.423. The summed E-state index contributed by atoms with van der Waals surface area (Å²) >= 11 is 3.50. The molecule has 0 unspecified atom stereocenters. The maximum Gasteiger partial charge on any atom is 0.260 e. The summed E-state index contributed by atoms with van der Waals surface area (Å²) in [6.45, 7) is 2.44. The molecule has 9 heteroatoms. The molecular formula is C23H21BrN6O2. The van der Waals surface area contributed by atoms with Gasteiger partial charge >= 0.3 is 0 Å². The summed E-state index contributed by atoms with van der Waals surface area (Å²) in [7, 11) is 0. The molecular weight excluding hydrogens is 472 g/mol. The minimum absolute atomic E-state index is 0.0528. The number of aromatic nitrogens is 2. The van der Waals surface area contributed by atoms with E-state index in [0.717, 1.165) is 21.3 Å². The lowest BCUT2D eigenvalue weighted by atomic mass is 10.0. The Morgan fingerprint density at radius 1 is 1.22 bits per heavy atom. The van der Waals surface area contributed by atoms with E-state index < -0.39 is 5.91 Å². The third-order valence-corrected chi connectivity index (χ3v) is 5.46. The second-order valence-electron chi connectivity index (χ2n) is 7.04. The number of hydrazone groups is 1. The first-order valence-electron chi connectivity index (χ1n) is 10.1. The van der Waals surface area contributed by atoms with Gasteiger partial charge in [-0.25, -0.2) is 5.43 Å². The molecule has 3 aromatic rings. The Labute approximate surface area is 193 Å². The van der Waals surface area contributed by atoms with Crippen LogP contribution in [0.4, 0.5) is 5.69 Å². The predicted molar refractivity (Wildman–Crippen MR) is 127 cm³/mol. The molecule has 2 aromatic carbocycles. The van der Waals surface area contributed by atoms with Crippen LogP contribution in [0.1, 0.15) is 23.7 Å². The fourth-order valence-electron chi connectivity index (χ4n) is 3.47. The summed E-state index contributed by atoms with van der Waals surface area (Å²) in [6, 6.07) is 17.1. The highest BCUT2D eigenvalue weighted by molar-refractivity contribution is 9.10. The van der Waals surface area contributed by atoms with Gasteiger partial charge in [0.1, 0.15) is 13.1 Å². The Bertz CT molecular complexity index is 1200. The number of fused-ring (bicyclic) bond motifs is 1. The minimum atomic E-state index is -0.408. The highest BCUT2D eigenvalue weighted by Crippen LogP contribution is 2.29. The fourth-order valence-corrected chi connectivity index (χ4v) is 3.83. The van der Waals surface area contributed by atoms with E-state index in [9.17, 15) is 9.59 Å². The van der Waals surface area contributed by atoms with Crippen LogP contribution in [0.15, 0.2) is 75.4 Å². The van der Waals surface area contributed by atoms with E-state index >= 15 is 0 Å². The Kier molecular flexibility index (Phi) is 6.55. The van der Waals surface area contributed by atoms with Crippen LogP contribution in [-0.4, -0.2) is 46.6 Å². The number of carbonyl (C=O) groups is 2. The molecule has 0 saturated heterocycles. The molecule has 4 rings (SSSR count). The Morgan fingerprint density at radius 2 is 2.03 bits per heavy atom. The Morgan fingerprint density at radius 3 is 2.81 bits per heavy atom. The van der Waals surface area contributed by atoms with E-state index in [1.807, 2.05) is 55.5 Å². The fraction of sp³-hybridized carbons (Fsp3) is 0.174. The average Bonchev–Trinajstić information content (AvgIpc) is 3.21. The molecule has 2 amide bonds. The minimum Gasteiger partial charge on any atom is -0.301 e. The summed E-state index contributed by atoms with van der Waals surface area (Å²) in [5.41, 5.74) is 6.29. The number of halogens is 1. The van der Waals surface area contributed by atoms with Crippen molar-refractivity contribution in [1.29, 1.82) is 0 Å². The molecule has 1 aromatic heterocycles. The zero-order valence-electron chi connectivity index (χ0n) is 17.4. The van der Waals surface area contributed by atoms with Gasteiger partial charge in [-0.3, -0.25) is 19.3 Å². The largest absolute Gasteiger partial charge is 0.301 e. The molecule has 1 aliphatic heterocycles. The summed E-state index contributed by atoms with van der Waals surface area (Å²) in [4.78, 5) is 31.5. The van der Waals surface area contributed by atoms with Gasteiger partial charge in [-0.15, -0.1) is 0 Å². The molecule has 1 N–H and O–H groups in total. The molecule has 1 aliphatic rings. The van der Waals surface area contributed by atoms with Gasteiger partial charge in [0.25, 0.3) is 5.91 Å². The maximum atomic E-state index is 12.9. The molecule has 8 nitrogen and oxygen atoms in total. The second-order valence-corrected chi connectivity index (χ2v) is 7.95. The number of nitrogens with one attached hydrogen (secondary N) is 1. The number of aliphatic imine (C=N–C) groups is 1. The van der Waals surface area contributed by atoms with Gasteiger partial charge in [-0.2, -0.15) is 10.2 Å². The van der Waals surface area contributed by atoms with Crippen molar-refractivity contribution < 1.29 is 9.59 Å². The molecule has 0 aliphatic carbocycles. The van der Waals surface area contributed by atoms with Gasteiger partial charge < -0.3 is 4.90 Å². The van der Waals surface area contributed by atoms with Crippen molar-refractivity contribution in [2.24, 2.45) is 10.1 Å². The highest BCUT2D eigenvalue weighted by atomic mass is 79.9. The van der Waals surface area contributed by atoms with Crippen molar-refractivity contribution in [1.82, 2.24) is 15.2 Å². The monoisotopic (exact) mass is 492 g/mol. The number of benzodiazepines with no additional fused rings is 1. The lowest BCUT2D eigenvalue weighted by Crippen LogP contribution is -2.40. The topological polar surface area (TPSA) is 92.0 Å². The number of anilines is 1. The zero-order chi connectivity index (χ0) is 22.5. The summed E-state index contributed by atoms with van der Waals surface area (Å²) in [5.74, 6) is -0.670. The Hall–Kier alpha value is -3.59. The van der Waals surface area contributed by atoms with Crippen LogP contribution in [-0.2, 0) is 16.1 Å². The first kappa shape index (κ1) is 21.6. The molecule has 32 heavy (non-hydrogen) atoms. The van der Waals surface area contributed by atoms with E-state index in [2.05, 4.69) is 36.5 Å². The van der Waals surface area contributed by atoms with Crippen molar-refractivity contribution in [2.75, 3.05) is 18.0 Å². The normalized spacial score (nSPS) is 13.6. The van der Waals surface area contributed by atoms with E-state index in [-0.39, 0.29) is 19.0 Å². The average molecular weight is 493 g/mol. The van der Waals surface area contributed by atoms with Crippen LogP contribution >= 0.6 is 15.9 Å². The van der Waals surface area contributed by atoms with Crippen LogP contribution < -0.4 is 10.3 Å². The second kappa shape index (κ2) is 9.69. The van der Waals surface area contributed by atoms with E-state index in [4.69, 9.17) is 0 Å². The van der Waals surface area contributed by atoms with E-state index in [1.165, 1.54) is 11.1 Å². The van der Waals surface area contributed by atoms with Crippen LogP contribution in [0, 0.1) is 0 Å². The summed E-state index contributed by atoms with van der Waals surface area (Å²) in [5, 5.41) is 8.16. The molecule has 0 spiro atoms. The molecule has 162 valence electrons. The molecule has 0 bridgehead atoms. The van der Waals surface area contributed by atoms with Crippen LogP contribution in [0.3, 0.4) is 0 Å². The first-order valence-corrected chi connectivity index (χ1v) is 10.9. The van der Waals surface area contributed by atoms with Crippen molar-refractivity contribution in [3.8, 4) is 0 Å². The van der Waals surface area contributed by atoms with E-state index in [0.29, 0.717) is 17.9 Å². The molecule has 0 atom stereocenters. The summed E-state index contributed by atoms with van der Waals surface area (Å²) in [6.07, 6.45) is 3.20. The third kappa shape index (κ3) is 4.67. The number of rotatable bonds is 6. The van der Waals surface area contributed by atoms with Crippen molar-refractivity contribution >= 4 is 45.4 Å². The summed E-state index contributed by atoms with van der Waals surface area (Å²) < 4.78 is 2.61. The number of aryl methyl sites for hydroxylation is 1. The lowest BCUT2D eigenvalue weighted by Gasteiger charge is -2.22. The standard InChI is InChI=1S/C23H21BrN6O2/c1-2-30-18(10-11-27-30)13-26-28-21(31)15-29-20-9-8-17(24)12-19(20)23(25-14-22(29)32)16-6-4-3-5-7-16/h3-13H,2,14-15H2,1H3,(H,28,31)/b26-13+. The van der Waals surface area contributed by atoms with Crippen LogP contribution in [0.2, 0.25) is 0 Å². The van der Waals surface area contributed by atoms with Gasteiger partial charge in [-0.1, -0.05) is 46.3 Å². The maximum absolute atomic E-state index is 12.9. The van der Waals surface area contributed by atoms with Gasteiger partial charge in [0, 0.05) is 28.3 Å². The van der Waals surface area contributed by atoms with Crippen molar-refractivity contribution in [2.45, 2.75) is 13.5 Å². The van der Waals surface area contributed by atoms with Crippen molar-refractivity contribution in [3.05, 3.63) is 82.1 Å². The number of nitrogens with zero attached hydrogens (tertiary/aromatic N) is 5. The first-order chi connectivity index (χ1) is 15.6. The molecule has 2 heterocycles. The van der Waals surface area contributed by atoms with E-state index in [1.54, 1.807) is 16.9 Å². The highest BCUT2D eigenvalue weighted by Gasteiger charge is 2.27. The zero-order valence-corrected chi connectivity index (χ0v) is 19.0. The Balaban J connectivity index is 1.57. The van der Waals surface area contributed by atoms with Crippen LogP contribution in [0.5, 0.6) is 0 Å². The number of hydrogen-bond acceptors (Lipinski definition) is 5. The predicted octanol–water partition coefficient (Wildman–Crippen LogP) is 3.00. The number of hydrogen-bond donors (Lipinski definition) is 1. The molecule has 0 fully saturated rings. The smallest absolute Gasteiger partial charge is 0.260 e. The number of benzene rings is 2. The SMILES string of the molecule is CCn1nccc1/C=N/NC(=O)CN1C(=O)CN=C(c2ccccc2)c2cc(Br)ccc21. The third-order valence-electron chi connectivity index (χ3n) is 4.96. The molecule has 0 radical (unpaired) electrons. The lowest BCUT2D eigenvalue weighted by molar-refractivity contribution is -0.123. The van der Waals surface area contributed by atoms with Gasteiger partial charge in [0.2, 0.25) is 5.91 Å². The van der Waals surface area contributed by atoms with Gasteiger partial charge in [-0.05, 0) is 31.2 Å². The van der Waals surface area contributed by atoms with Gasteiger partial charge in [0.15, 0.2) is 0 Å².